The molecule has 0 aliphatic carbocycles. The van der Waals surface area contributed by atoms with Crippen molar-refractivity contribution in [3.63, 3.8) is 0 Å². The number of para-hydroxylation sites is 2. The smallest absolute Gasteiger partial charge is 0.252 e. The molecule has 0 saturated carbocycles. The van der Waals surface area contributed by atoms with Gasteiger partial charge in [0.1, 0.15) is 0 Å². The van der Waals surface area contributed by atoms with Gasteiger partial charge in [0, 0.05) is 50.5 Å². The number of benzene rings is 20. The first-order chi connectivity index (χ1) is 69.5. The Hall–Kier alpha value is -15.7. The van der Waals surface area contributed by atoms with Gasteiger partial charge in [-0.1, -0.05) is 451 Å². The zero-order valence-electron chi connectivity index (χ0n) is 84.8. The van der Waals surface area contributed by atoms with Gasteiger partial charge in [-0.15, -0.1) is 0 Å². The van der Waals surface area contributed by atoms with Crippen molar-refractivity contribution in [3.05, 3.63) is 509 Å². The molecule has 20 aromatic carbocycles. The number of fused-ring (bicyclic) bond motifs is 7. The second-order valence-corrected chi connectivity index (χ2v) is 42.5. The maximum atomic E-state index is 10.0. The van der Waals surface area contributed by atoms with Crippen LogP contribution >= 0.6 is 0 Å². The van der Waals surface area contributed by atoms with Gasteiger partial charge >= 0.3 is 0 Å². The molecule has 3 heterocycles. The van der Waals surface area contributed by atoms with Crippen molar-refractivity contribution in [2.75, 3.05) is 9.80 Å². The van der Waals surface area contributed by atoms with E-state index in [1.165, 1.54) is 31.1 Å². The highest BCUT2D eigenvalue weighted by molar-refractivity contribution is 7.22. The normalized spacial score (nSPS) is 13.8. The molecule has 2 aliphatic rings. The van der Waals surface area contributed by atoms with Crippen molar-refractivity contribution in [2.24, 2.45) is 0 Å². The summed E-state index contributed by atoms with van der Waals surface area (Å²) in [5, 5.41) is 9.24. The van der Waals surface area contributed by atoms with Gasteiger partial charge in [0.05, 0.1) is 34.5 Å². The Morgan fingerprint density at radius 3 is 1.08 bits per heavy atom. The molecule has 0 atom stereocenters. The van der Waals surface area contributed by atoms with E-state index in [2.05, 4.69) is 388 Å². The molecule has 1 aromatic heterocycles. The first-order valence-electron chi connectivity index (χ1n) is 50.8. The Balaban J connectivity index is 0.895. The van der Waals surface area contributed by atoms with E-state index in [4.69, 9.17) is 1.37 Å². The van der Waals surface area contributed by atoms with Crippen LogP contribution in [0.25, 0.3) is 105 Å². The molecule has 21 aromatic rings. The van der Waals surface area contributed by atoms with Crippen molar-refractivity contribution >= 4 is 137 Å². The van der Waals surface area contributed by atoms with Crippen LogP contribution in [0.5, 0.6) is 0 Å². The Kier molecular flexibility index (Phi) is 16.7. The van der Waals surface area contributed by atoms with Crippen molar-refractivity contribution in [1.29, 1.82) is 0 Å². The van der Waals surface area contributed by atoms with Crippen molar-refractivity contribution < 1.29 is 17.8 Å². The van der Waals surface area contributed by atoms with Crippen LogP contribution in [0.2, 0.25) is 0 Å². The van der Waals surface area contributed by atoms with Crippen LogP contribution in [-0.2, 0) is 5.41 Å². The summed E-state index contributed by atoms with van der Waals surface area (Å²) in [5.74, 6) is 0. The molecule has 0 bridgehead atoms. The Morgan fingerprint density at radius 1 is 0.231 bits per heavy atom. The molecule has 130 heavy (non-hydrogen) atoms. The van der Waals surface area contributed by atoms with Gasteiger partial charge in [-0.3, -0.25) is 0 Å². The molecule has 0 saturated heterocycles. The number of rotatable bonds is 18. The Labute approximate surface area is 782 Å². The molecule has 0 amide bonds. The summed E-state index contributed by atoms with van der Waals surface area (Å²) in [7, 11) is -7.42. The molecular weight excluding hydrogens is 1600 g/mol. The molecule has 0 fully saturated rings. The monoisotopic (exact) mass is 1700 g/mol. The maximum absolute atomic E-state index is 10.0. The minimum atomic E-state index is -3.71. The standard InChI is InChI=1S/C124H92BN3Si2/c1-124(2,3)100-83-121-123-122(84-100)128(118-72-68-95(89-44-18-6-19-45-89)81-113(118)92-50-24-9-25-51-92)119-73-69-96(82-115(119)125(123)114-71-70-101(126-116-66-36-34-64-111(116)112-65-35-37-67-117(112)126)85-120(114)127(121)102-75-97(90-46-20-7-21-47-90)74-98(76-102)91-48-22-8-23-49-91)99-79-109(129(103-54-26-10-27-55-103,104-56-28-11-29-57-104)107-62-38-52-93(77-107)87-40-14-4-15-41-87)86-110(80-99)130(105-58-30-12-31-59-105,106-60-32-13-33-61-106)108-63-39-53-94(78-108)88-42-16-5-17-43-88/h4-86H,1-3H3/i7D,20D,21D,34D,35D,36D,37D,46D,47D,64D,65D,66D,67D. The summed E-state index contributed by atoms with van der Waals surface area (Å²) in [6.45, 7) is 5.88. The third-order valence-electron chi connectivity index (χ3n) is 26.5. The van der Waals surface area contributed by atoms with Gasteiger partial charge in [0.25, 0.3) is 6.71 Å². The quantitative estimate of drug-likeness (QED) is 0.0627. The zero-order chi connectivity index (χ0) is 98.2. The van der Waals surface area contributed by atoms with Crippen LogP contribution in [0.4, 0.5) is 34.1 Å². The topological polar surface area (TPSA) is 11.4 Å². The maximum Gasteiger partial charge on any atom is 0.252 e. The van der Waals surface area contributed by atoms with E-state index in [0.717, 1.165) is 111 Å². The molecule has 0 spiro atoms. The number of hydrogen-bond donors (Lipinski definition) is 0. The Morgan fingerprint density at radius 2 is 0.608 bits per heavy atom. The number of nitrogens with zero attached hydrogens (tertiary/aromatic N) is 3. The van der Waals surface area contributed by atoms with Crippen molar-refractivity contribution in [1.82, 2.24) is 4.57 Å². The number of aromatic nitrogens is 1. The highest BCUT2D eigenvalue weighted by Gasteiger charge is 2.49. The van der Waals surface area contributed by atoms with E-state index < -0.39 is 107 Å². The predicted octanol–water partition coefficient (Wildman–Crippen LogP) is 24.6. The summed E-state index contributed by atoms with van der Waals surface area (Å²) in [4.78, 5) is 4.66. The highest BCUT2D eigenvalue weighted by atomic mass is 28.3. The van der Waals surface area contributed by atoms with Crippen LogP contribution in [0, 0.1) is 0 Å². The van der Waals surface area contributed by atoms with Crippen LogP contribution in [-0.4, -0.2) is 27.4 Å². The van der Waals surface area contributed by atoms with E-state index in [1.807, 2.05) is 66.7 Å². The molecular formula is C124H92BN3Si2. The third-order valence-corrected chi connectivity index (χ3v) is 35.9. The fourth-order valence-electron chi connectivity index (χ4n) is 20.5. The fraction of sp³-hybridized carbons (Fsp3) is 0.0323. The van der Waals surface area contributed by atoms with Gasteiger partial charge in [-0.05, 0) is 214 Å². The molecule has 3 nitrogen and oxygen atoms in total. The minimum absolute atomic E-state index is 0.0218. The molecule has 0 radical (unpaired) electrons. The highest BCUT2D eigenvalue weighted by Crippen LogP contribution is 2.51. The average Bonchev–Trinajstić information content (AvgIpc) is 1.57. The molecule has 2 aliphatic heterocycles. The van der Waals surface area contributed by atoms with E-state index in [0.29, 0.717) is 33.9 Å². The molecule has 0 N–H and O–H groups in total. The second-order valence-electron chi connectivity index (χ2n) is 34.8. The summed E-state index contributed by atoms with van der Waals surface area (Å²) in [5.41, 5.74) is 19.3. The lowest BCUT2D eigenvalue weighted by molar-refractivity contribution is 0.590. The predicted molar refractivity (Wildman–Crippen MR) is 559 cm³/mol. The first-order valence-corrected chi connectivity index (χ1v) is 48.3. The van der Waals surface area contributed by atoms with Gasteiger partial charge < -0.3 is 14.4 Å². The lowest BCUT2D eigenvalue weighted by Crippen LogP contribution is -2.78. The van der Waals surface area contributed by atoms with E-state index >= 15 is 0 Å². The van der Waals surface area contributed by atoms with Gasteiger partial charge in [0.2, 0.25) is 0 Å². The zero-order valence-corrected chi connectivity index (χ0v) is 73.8. The third kappa shape index (κ3) is 13.6. The largest absolute Gasteiger partial charge is 0.311 e. The molecule has 23 rings (SSSR count). The number of anilines is 6. The lowest BCUT2D eigenvalue weighted by Gasteiger charge is -2.45. The van der Waals surface area contributed by atoms with Crippen molar-refractivity contribution in [2.45, 2.75) is 26.2 Å². The van der Waals surface area contributed by atoms with Crippen LogP contribution in [0.1, 0.15) is 44.2 Å². The van der Waals surface area contributed by atoms with Crippen LogP contribution in [0.15, 0.2) is 503 Å². The summed E-state index contributed by atoms with van der Waals surface area (Å²) >= 11 is 0. The summed E-state index contributed by atoms with van der Waals surface area (Å²) < 4.78 is 126. The van der Waals surface area contributed by atoms with E-state index in [1.54, 1.807) is 4.57 Å². The fourth-order valence-corrected chi connectivity index (χ4v) is 30.4. The lowest BCUT2D eigenvalue weighted by atomic mass is 9.33. The summed E-state index contributed by atoms with van der Waals surface area (Å²) in [6, 6.07) is 147. The van der Waals surface area contributed by atoms with E-state index in [-0.39, 0.29) is 27.4 Å². The SMILES string of the molecule is [2H]c1c([2H])c([2H])c(-c2cc(-c3ccccc3)cc(N3c4cc(-n5c6c([2H])c([2H])c([2H])c([2H])c6c6c([2H])c([2H])c([2H])c([2H])c65)ccc4B4c5cc(-c6cc([Si](c7ccccc7)(c7ccccc7)c7cccc(-c8ccccc8)c7)cc([Si](c7ccccc7)(c7ccccc7)c7cccc(-c8ccccc8)c7)c6)ccc5N(c5ccc(-c6ccccc6)cc5-c5ccccc5)c5cc(C(C)(C)C)cc3c54)c2)c([2H])c1[2H]. The molecule has 6 heteroatoms. The minimum Gasteiger partial charge on any atom is -0.311 e. The Bertz CT molecular complexity index is 8290. The average molecular weight is 1700 g/mol. The summed E-state index contributed by atoms with van der Waals surface area (Å²) in [6.07, 6.45) is 0. The van der Waals surface area contributed by atoms with Crippen LogP contribution in [0.3, 0.4) is 0 Å². The molecule has 0 unspecified atom stereocenters. The van der Waals surface area contributed by atoms with Gasteiger partial charge in [0.15, 0.2) is 16.1 Å². The second kappa shape index (κ2) is 32.9. The van der Waals surface area contributed by atoms with Gasteiger partial charge in [-0.25, -0.2) is 0 Å². The van der Waals surface area contributed by atoms with Crippen molar-refractivity contribution in [3.8, 4) is 83.6 Å². The van der Waals surface area contributed by atoms with Gasteiger partial charge in [-0.2, -0.15) is 0 Å². The first kappa shape index (κ1) is 65.8. The van der Waals surface area contributed by atoms with Crippen LogP contribution < -0.4 is 67.7 Å². The van der Waals surface area contributed by atoms with E-state index in [9.17, 15) is 16.4 Å². The number of hydrogen-bond acceptors (Lipinski definition) is 2. The molecule has 614 valence electrons.